The molecule has 92 valence electrons. The Kier molecular flexibility index (Phi) is 3.76. The number of carboxylic acid groups (broad SMARTS) is 1. The van der Waals surface area contributed by atoms with Gasteiger partial charge in [-0.25, -0.2) is 4.79 Å². The maximum absolute atomic E-state index is 10.6. The molecule has 1 heterocycles. The summed E-state index contributed by atoms with van der Waals surface area (Å²) in [6.45, 7) is 0.834. The molecule has 0 bridgehead atoms. The fraction of sp³-hybridized carbons (Fsp3) is 0.462. The number of carbonyl (C=O) groups is 1. The number of carboxylic acids is 1. The maximum Gasteiger partial charge on any atom is 0.337 e. The molecule has 0 spiro atoms. The number of aliphatic hydroxyl groups is 1. The fourth-order valence-corrected chi connectivity index (χ4v) is 2.05. The minimum Gasteiger partial charge on any atom is -0.479 e. The molecule has 1 unspecified atom stereocenters. The first-order valence-electron chi connectivity index (χ1n) is 5.78. The van der Waals surface area contributed by atoms with Crippen LogP contribution < -0.4 is 0 Å². The van der Waals surface area contributed by atoms with E-state index in [1.807, 2.05) is 12.1 Å². The maximum atomic E-state index is 10.6. The first-order chi connectivity index (χ1) is 8.16. The summed E-state index contributed by atoms with van der Waals surface area (Å²) in [5.74, 6) is -1.23. The van der Waals surface area contributed by atoms with Crippen molar-refractivity contribution in [3.63, 3.8) is 0 Å². The van der Waals surface area contributed by atoms with Crippen LogP contribution in [0.25, 0.3) is 0 Å². The number of benzene rings is 1. The van der Waals surface area contributed by atoms with Gasteiger partial charge in [0.1, 0.15) is 0 Å². The number of ether oxygens (including phenoxy) is 1. The molecule has 2 N–H and O–H groups in total. The molecule has 1 aromatic rings. The zero-order valence-corrected chi connectivity index (χ0v) is 9.50. The van der Waals surface area contributed by atoms with Crippen LogP contribution in [0.2, 0.25) is 0 Å². The van der Waals surface area contributed by atoms with Gasteiger partial charge in [0.25, 0.3) is 0 Å². The molecule has 0 aliphatic carbocycles. The average molecular weight is 236 g/mol. The molecule has 0 amide bonds. The minimum atomic E-state index is -1.44. The predicted octanol–water partition coefficient (Wildman–Crippen LogP) is 1.53. The van der Waals surface area contributed by atoms with Gasteiger partial charge in [-0.3, -0.25) is 0 Å². The van der Waals surface area contributed by atoms with Crippen LogP contribution in [0.3, 0.4) is 0 Å². The molecule has 2 atom stereocenters. The van der Waals surface area contributed by atoms with Gasteiger partial charge in [-0.05, 0) is 30.4 Å². The van der Waals surface area contributed by atoms with Crippen molar-refractivity contribution in [1.82, 2.24) is 0 Å². The van der Waals surface area contributed by atoms with E-state index in [1.54, 1.807) is 12.1 Å². The summed E-state index contributed by atoms with van der Waals surface area (Å²) < 4.78 is 5.53. The zero-order valence-electron chi connectivity index (χ0n) is 9.50. The number of hydrogen-bond acceptors (Lipinski definition) is 3. The summed E-state index contributed by atoms with van der Waals surface area (Å²) in [5, 5.41) is 18.0. The molecular weight excluding hydrogens is 220 g/mol. The normalized spacial score (nSPS) is 21.4. The van der Waals surface area contributed by atoms with Crippen molar-refractivity contribution in [2.45, 2.75) is 31.5 Å². The van der Waals surface area contributed by atoms with E-state index in [0.717, 1.165) is 31.4 Å². The summed E-state index contributed by atoms with van der Waals surface area (Å²) in [6.07, 6.45) is 1.89. The molecule has 2 rings (SSSR count). The Balaban J connectivity index is 1.99. The van der Waals surface area contributed by atoms with Gasteiger partial charge in [0, 0.05) is 6.61 Å². The molecular formula is C13H16O4. The van der Waals surface area contributed by atoms with E-state index in [0.29, 0.717) is 5.56 Å². The molecule has 17 heavy (non-hydrogen) atoms. The molecule has 0 radical (unpaired) electrons. The topological polar surface area (TPSA) is 66.8 Å². The summed E-state index contributed by atoms with van der Waals surface area (Å²) in [4.78, 5) is 10.6. The second-order valence-corrected chi connectivity index (χ2v) is 4.32. The van der Waals surface area contributed by atoms with E-state index >= 15 is 0 Å². The Morgan fingerprint density at radius 1 is 1.41 bits per heavy atom. The SMILES string of the molecule is O=C(O)[C@H](O)c1ccc(CC2CCCO2)cc1. The Bertz CT molecular complexity index is 379. The van der Waals surface area contributed by atoms with Crippen molar-refractivity contribution in [3.8, 4) is 0 Å². The highest BCUT2D eigenvalue weighted by molar-refractivity contribution is 5.73. The second-order valence-electron chi connectivity index (χ2n) is 4.32. The summed E-state index contributed by atoms with van der Waals surface area (Å²) in [7, 11) is 0. The Morgan fingerprint density at radius 2 is 2.12 bits per heavy atom. The van der Waals surface area contributed by atoms with Gasteiger partial charge >= 0.3 is 5.97 Å². The van der Waals surface area contributed by atoms with Gasteiger partial charge in [-0.2, -0.15) is 0 Å². The largest absolute Gasteiger partial charge is 0.479 e. The van der Waals surface area contributed by atoms with E-state index in [9.17, 15) is 9.90 Å². The van der Waals surface area contributed by atoms with E-state index in [2.05, 4.69) is 0 Å². The lowest BCUT2D eigenvalue weighted by atomic mass is 10.0. The lowest BCUT2D eigenvalue weighted by molar-refractivity contribution is -0.146. The van der Waals surface area contributed by atoms with Gasteiger partial charge in [0.15, 0.2) is 6.10 Å². The first kappa shape index (κ1) is 12.1. The number of aliphatic carboxylic acids is 1. The highest BCUT2D eigenvalue weighted by Crippen LogP contribution is 2.19. The Morgan fingerprint density at radius 3 is 2.65 bits per heavy atom. The third-order valence-corrected chi connectivity index (χ3v) is 3.02. The first-order valence-corrected chi connectivity index (χ1v) is 5.78. The quantitative estimate of drug-likeness (QED) is 0.832. The summed E-state index contributed by atoms with van der Waals surface area (Å²) >= 11 is 0. The second kappa shape index (κ2) is 5.29. The lowest BCUT2D eigenvalue weighted by Gasteiger charge is -2.10. The fourth-order valence-electron chi connectivity index (χ4n) is 2.05. The van der Waals surface area contributed by atoms with Gasteiger partial charge < -0.3 is 14.9 Å². The lowest BCUT2D eigenvalue weighted by Crippen LogP contribution is -2.11. The molecule has 4 nitrogen and oxygen atoms in total. The van der Waals surface area contributed by atoms with E-state index in [4.69, 9.17) is 9.84 Å². The summed E-state index contributed by atoms with van der Waals surface area (Å²) in [6, 6.07) is 7.01. The van der Waals surface area contributed by atoms with E-state index in [1.165, 1.54) is 0 Å². The molecule has 4 heteroatoms. The van der Waals surface area contributed by atoms with E-state index in [-0.39, 0.29) is 6.10 Å². The zero-order chi connectivity index (χ0) is 12.3. The minimum absolute atomic E-state index is 0.283. The smallest absolute Gasteiger partial charge is 0.337 e. The van der Waals surface area contributed by atoms with Crippen LogP contribution in [0, 0.1) is 0 Å². The van der Waals surface area contributed by atoms with Crippen molar-refractivity contribution in [1.29, 1.82) is 0 Å². The van der Waals surface area contributed by atoms with Crippen molar-refractivity contribution in [2.24, 2.45) is 0 Å². The molecule has 0 saturated carbocycles. The van der Waals surface area contributed by atoms with Gasteiger partial charge in [-0.15, -0.1) is 0 Å². The standard InChI is InChI=1S/C13H16O4/c14-12(13(15)16)10-5-3-9(4-6-10)8-11-2-1-7-17-11/h3-6,11-12,14H,1-2,7-8H2,(H,15,16)/t11?,12-/m1/s1. The van der Waals surface area contributed by atoms with Crippen LogP contribution in [0.5, 0.6) is 0 Å². The predicted molar refractivity (Wildman–Crippen MR) is 61.7 cm³/mol. The van der Waals surface area contributed by atoms with Crippen molar-refractivity contribution < 1.29 is 19.7 Å². The van der Waals surface area contributed by atoms with Gasteiger partial charge in [-0.1, -0.05) is 24.3 Å². The van der Waals surface area contributed by atoms with Gasteiger partial charge in [0.05, 0.1) is 6.10 Å². The van der Waals surface area contributed by atoms with Crippen LogP contribution in [0.15, 0.2) is 24.3 Å². The number of aliphatic hydroxyl groups excluding tert-OH is 1. The average Bonchev–Trinajstić information content (AvgIpc) is 2.82. The third kappa shape index (κ3) is 3.05. The van der Waals surface area contributed by atoms with Crippen molar-refractivity contribution >= 4 is 5.97 Å². The Hall–Kier alpha value is -1.39. The van der Waals surface area contributed by atoms with Crippen molar-refractivity contribution in [3.05, 3.63) is 35.4 Å². The molecule has 1 aliphatic rings. The van der Waals surface area contributed by atoms with Crippen LogP contribution in [-0.4, -0.2) is 28.9 Å². The Labute approximate surface area is 99.8 Å². The van der Waals surface area contributed by atoms with Crippen LogP contribution in [-0.2, 0) is 16.0 Å². The van der Waals surface area contributed by atoms with Crippen LogP contribution in [0.4, 0.5) is 0 Å². The van der Waals surface area contributed by atoms with E-state index < -0.39 is 12.1 Å². The molecule has 1 aromatic carbocycles. The number of hydrogen-bond donors (Lipinski definition) is 2. The molecule has 1 fully saturated rings. The molecule has 1 aliphatic heterocycles. The van der Waals surface area contributed by atoms with Gasteiger partial charge in [0.2, 0.25) is 0 Å². The highest BCUT2D eigenvalue weighted by atomic mass is 16.5. The van der Waals surface area contributed by atoms with Crippen LogP contribution >= 0.6 is 0 Å². The molecule has 1 saturated heterocycles. The molecule has 0 aromatic heterocycles. The highest BCUT2D eigenvalue weighted by Gasteiger charge is 2.17. The van der Waals surface area contributed by atoms with Crippen LogP contribution in [0.1, 0.15) is 30.1 Å². The third-order valence-electron chi connectivity index (χ3n) is 3.02. The summed E-state index contributed by atoms with van der Waals surface area (Å²) in [5.41, 5.74) is 1.52. The van der Waals surface area contributed by atoms with Crippen molar-refractivity contribution in [2.75, 3.05) is 6.61 Å². The monoisotopic (exact) mass is 236 g/mol. The number of rotatable bonds is 4.